The molecule has 13 heteroatoms. The Morgan fingerprint density at radius 2 is 1.90 bits per heavy atom. The molecule has 1 aliphatic heterocycles. The second kappa shape index (κ2) is 10.1. The number of halogens is 2. The molecule has 1 unspecified atom stereocenters. The molecule has 1 fully saturated rings. The third-order valence-corrected chi connectivity index (χ3v) is 9.91. The number of hydrogen-bond donors (Lipinski definition) is 1. The molecule has 220 valence electrons. The molecule has 0 amide bonds. The Bertz CT molecular complexity index is 1840. The predicted molar refractivity (Wildman–Crippen MR) is 147 cm³/mol. The van der Waals surface area contributed by atoms with Gasteiger partial charge in [-0.1, -0.05) is 18.2 Å². The van der Waals surface area contributed by atoms with Crippen LogP contribution < -0.4 is 4.74 Å². The minimum absolute atomic E-state index is 0.0317. The third-order valence-electron chi connectivity index (χ3n) is 8.12. The van der Waals surface area contributed by atoms with E-state index in [1.54, 1.807) is 32.2 Å². The number of aromatic nitrogens is 4. The first-order chi connectivity index (χ1) is 19.9. The number of aryl methyl sites for hydroxylation is 3. The lowest BCUT2D eigenvalue weighted by atomic mass is 9.85. The van der Waals surface area contributed by atoms with Gasteiger partial charge in [-0.2, -0.15) is 4.31 Å². The first kappa shape index (κ1) is 28.2. The van der Waals surface area contributed by atoms with Gasteiger partial charge in [0.1, 0.15) is 10.5 Å². The first-order valence-electron chi connectivity index (χ1n) is 13.5. The minimum atomic E-state index is -3.96. The van der Waals surface area contributed by atoms with Crippen LogP contribution in [0.15, 0.2) is 47.6 Å². The van der Waals surface area contributed by atoms with Crippen LogP contribution in [-0.4, -0.2) is 55.5 Å². The minimum Gasteiger partial charge on any atom is -0.481 e. The molecule has 0 saturated heterocycles. The molecule has 42 heavy (non-hydrogen) atoms. The van der Waals surface area contributed by atoms with Gasteiger partial charge in [0.2, 0.25) is 21.7 Å². The predicted octanol–water partition coefficient (Wildman–Crippen LogP) is 4.71. The Balaban J connectivity index is 1.40. The number of ether oxygens (including phenoxy) is 1. The number of fused-ring (bicyclic) bond motifs is 2. The van der Waals surface area contributed by atoms with E-state index in [1.165, 1.54) is 14.9 Å². The van der Waals surface area contributed by atoms with Crippen molar-refractivity contribution >= 4 is 21.6 Å². The molecule has 1 aromatic carbocycles. The number of sulfonamides is 1. The van der Waals surface area contributed by atoms with Crippen LogP contribution in [0, 0.1) is 20.8 Å². The van der Waals surface area contributed by atoms with E-state index in [1.807, 2.05) is 25.1 Å². The van der Waals surface area contributed by atoms with Crippen molar-refractivity contribution in [3.63, 3.8) is 0 Å². The highest BCUT2D eigenvalue weighted by atomic mass is 32.2. The summed E-state index contributed by atoms with van der Waals surface area (Å²) in [6.45, 7) is 5.57. The number of hydrogen-bond acceptors (Lipinski definition) is 7. The molecular weight excluding hydrogens is 568 g/mol. The zero-order valence-electron chi connectivity index (χ0n) is 23.2. The van der Waals surface area contributed by atoms with Crippen molar-refractivity contribution in [1.29, 1.82) is 0 Å². The van der Waals surface area contributed by atoms with Gasteiger partial charge in [0, 0.05) is 24.9 Å². The summed E-state index contributed by atoms with van der Waals surface area (Å²) >= 11 is 0. The number of carbonyl (C=O) groups is 1. The van der Waals surface area contributed by atoms with Gasteiger partial charge in [-0.05, 0) is 79.1 Å². The number of rotatable bonds is 7. The van der Waals surface area contributed by atoms with E-state index in [4.69, 9.17) is 4.74 Å². The Morgan fingerprint density at radius 1 is 1.14 bits per heavy atom. The average molecular weight is 598 g/mol. The number of alkyl halides is 2. The van der Waals surface area contributed by atoms with Crippen molar-refractivity contribution in [2.45, 2.75) is 69.4 Å². The molecule has 4 aromatic rings. The summed E-state index contributed by atoms with van der Waals surface area (Å²) in [5.74, 6) is -2.07. The van der Waals surface area contributed by atoms with Crippen LogP contribution in [0.5, 0.6) is 5.88 Å². The SMILES string of the molecule is Cc1cnc2c(c1)S(=O)(=O)N(Cc1cc(C(CC(=O)O)c3ccn4c(C(F)F)nnc4c3C)ccc1C)CC1(CC1)O2. The van der Waals surface area contributed by atoms with Crippen LogP contribution in [0.1, 0.15) is 70.8 Å². The maximum atomic E-state index is 13.9. The van der Waals surface area contributed by atoms with Gasteiger partial charge in [0.05, 0.1) is 13.0 Å². The second-order valence-electron chi connectivity index (χ2n) is 11.2. The molecule has 4 heterocycles. The van der Waals surface area contributed by atoms with Gasteiger partial charge in [-0.15, -0.1) is 10.2 Å². The lowest BCUT2D eigenvalue weighted by Gasteiger charge is -2.25. The van der Waals surface area contributed by atoms with E-state index in [9.17, 15) is 27.1 Å². The zero-order valence-corrected chi connectivity index (χ0v) is 24.0. The van der Waals surface area contributed by atoms with Crippen molar-refractivity contribution in [2.24, 2.45) is 0 Å². The molecule has 10 nitrogen and oxygen atoms in total. The molecular formula is C29H29F2N5O5S. The van der Waals surface area contributed by atoms with E-state index < -0.39 is 39.8 Å². The summed E-state index contributed by atoms with van der Waals surface area (Å²) in [6, 6.07) is 8.67. The van der Waals surface area contributed by atoms with Crippen molar-refractivity contribution in [2.75, 3.05) is 6.54 Å². The summed E-state index contributed by atoms with van der Waals surface area (Å²) in [6.07, 6.45) is 1.35. The van der Waals surface area contributed by atoms with Gasteiger partial charge < -0.3 is 9.84 Å². The highest BCUT2D eigenvalue weighted by Gasteiger charge is 2.52. The van der Waals surface area contributed by atoms with E-state index in [2.05, 4.69) is 15.2 Å². The van der Waals surface area contributed by atoms with Gasteiger partial charge in [-0.25, -0.2) is 22.2 Å². The lowest BCUT2D eigenvalue weighted by molar-refractivity contribution is -0.137. The smallest absolute Gasteiger partial charge is 0.304 e. The molecule has 1 atom stereocenters. The molecule has 0 radical (unpaired) electrons. The van der Waals surface area contributed by atoms with Crippen LogP contribution >= 0.6 is 0 Å². The molecule has 6 rings (SSSR count). The van der Waals surface area contributed by atoms with Crippen molar-refractivity contribution in [3.05, 3.63) is 81.9 Å². The molecule has 1 aliphatic carbocycles. The van der Waals surface area contributed by atoms with E-state index in [0.29, 0.717) is 40.7 Å². The van der Waals surface area contributed by atoms with Crippen LogP contribution in [0.25, 0.3) is 5.65 Å². The summed E-state index contributed by atoms with van der Waals surface area (Å²) in [5, 5.41) is 17.4. The van der Waals surface area contributed by atoms with Gasteiger partial charge in [-0.3, -0.25) is 9.20 Å². The summed E-state index contributed by atoms with van der Waals surface area (Å²) in [7, 11) is -3.96. The zero-order chi connectivity index (χ0) is 30.0. The number of carboxylic acids is 1. The van der Waals surface area contributed by atoms with E-state index >= 15 is 0 Å². The van der Waals surface area contributed by atoms with E-state index in [0.717, 1.165) is 5.56 Å². The maximum Gasteiger partial charge on any atom is 0.304 e. The Labute approximate surface area is 241 Å². The standard InChI is InChI=1S/C29H29F2N5O5S/c1-16-10-23-28(32-13-16)41-29(7-8-29)15-35(42(23,39)40)14-20-11-19(5-4-17(20)2)22(12-24(37)38)21-6-9-36-26(18(21)3)33-34-27(36)25(30)31/h4-6,9-11,13,22,25H,7-8,12,14-15H2,1-3H3,(H,37,38). The van der Waals surface area contributed by atoms with Crippen LogP contribution in [0.3, 0.4) is 0 Å². The third kappa shape index (κ3) is 4.90. The molecule has 1 N–H and O–H groups in total. The summed E-state index contributed by atoms with van der Waals surface area (Å²) in [5.41, 5.74) is 3.64. The molecule has 1 saturated carbocycles. The Morgan fingerprint density at radius 3 is 2.60 bits per heavy atom. The van der Waals surface area contributed by atoms with Crippen LogP contribution in [0.4, 0.5) is 8.78 Å². The second-order valence-corrected chi connectivity index (χ2v) is 13.1. The van der Waals surface area contributed by atoms with Crippen LogP contribution in [-0.2, 0) is 21.4 Å². The van der Waals surface area contributed by atoms with Gasteiger partial charge >= 0.3 is 5.97 Å². The fourth-order valence-corrected chi connectivity index (χ4v) is 7.25. The normalized spacial score (nSPS) is 18.0. The fraction of sp³-hybridized carbons (Fsp3) is 0.379. The van der Waals surface area contributed by atoms with Gasteiger partial charge in [0.15, 0.2) is 5.65 Å². The largest absolute Gasteiger partial charge is 0.481 e. The van der Waals surface area contributed by atoms with Gasteiger partial charge in [0.25, 0.3) is 6.43 Å². The Hall–Kier alpha value is -3.97. The average Bonchev–Trinajstić information content (AvgIpc) is 3.55. The van der Waals surface area contributed by atoms with Crippen molar-refractivity contribution < 1.29 is 31.8 Å². The lowest BCUT2D eigenvalue weighted by Crippen LogP contribution is -2.38. The maximum absolute atomic E-state index is 13.9. The van der Waals surface area contributed by atoms with Crippen molar-refractivity contribution in [3.8, 4) is 5.88 Å². The number of pyridine rings is 2. The highest BCUT2D eigenvalue weighted by Crippen LogP contribution is 2.46. The monoisotopic (exact) mass is 597 g/mol. The quantitative estimate of drug-likeness (QED) is 0.325. The highest BCUT2D eigenvalue weighted by molar-refractivity contribution is 7.89. The molecule has 0 bridgehead atoms. The molecule has 1 spiro atoms. The number of carboxylic acid groups (broad SMARTS) is 1. The number of nitrogens with zero attached hydrogens (tertiary/aromatic N) is 5. The van der Waals surface area contributed by atoms with Crippen molar-refractivity contribution in [1.82, 2.24) is 23.9 Å². The number of aliphatic carboxylic acids is 1. The fourth-order valence-electron chi connectivity index (χ4n) is 5.61. The molecule has 3 aromatic heterocycles. The van der Waals surface area contributed by atoms with Crippen LogP contribution in [0.2, 0.25) is 0 Å². The summed E-state index contributed by atoms with van der Waals surface area (Å²) < 4.78 is 63.3. The summed E-state index contributed by atoms with van der Waals surface area (Å²) in [4.78, 5) is 16.3. The van der Waals surface area contributed by atoms with E-state index in [-0.39, 0.29) is 35.9 Å². The number of benzene rings is 1. The topological polar surface area (TPSA) is 127 Å². The Kier molecular flexibility index (Phi) is 6.76. The first-order valence-corrected chi connectivity index (χ1v) is 14.9. The molecule has 2 aliphatic rings.